The lowest BCUT2D eigenvalue weighted by Crippen LogP contribution is -2.62. The number of hydrogen-bond donors (Lipinski definition) is 0. The van der Waals surface area contributed by atoms with Crippen molar-refractivity contribution >= 4 is 11.9 Å². The van der Waals surface area contributed by atoms with Crippen LogP contribution in [0.2, 0.25) is 0 Å². The average molecular weight is 535 g/mol. The molecule has 1 fully saturated rings. The Morgan fingerprint density at radius 1 is 0.615 bits per heavy atom. The van der Waals surface area contributed by atoms with Gasteiger partial charge in [-0.1, -0.05) is 91.0 Å². The van der Waals surface area contributed by atoms with Crippen LogP contribution in [-0.2, 0) is 57.8 Å². The van der Waals surface area contributed by atoms with Gasteiger partial charge in [0.15, 0.2) is 0 Å². The molecular weight excluding hydrogens is 500 g/mol. The van der Waals surface area contributed by atoms with Gasteiger partial charge in [0.2, 0.25) is 6.29 Å². The fourth-order valence-electron chi connectivity index (χ4n) is 4.34. The van der Waals surface area contributed by atoms with Crippen LogP contribution in [0.15, 0.2) is 91.0 Å². The van der Waals surface area contributed by atoms with Gasteiger partial charge in [0.05, 0.1) is 19.8 Å². The van der Waals surface area contributed by atoms with Gasteiger partial charge in [-0.3, -0.25) is 9.59 Å². The third kappa shape index (κ3) is 8.73. The van der Waals surface area contributed by atoms with E-state index < -0.39 is 42.6 Å². The summed E-state index contributed by atoms with van der Waals surface area (Å²) in [6.07, 6.45) is -4.15. The fourth-order valence-corrected chi connectivity index (χ4v) is 4.34. The summed E-state index contributed by atoms with van der Waals surface area (Å²) in [6.45, 7) is 3.27. The molecule has 0 aliphatic carbocycles. The van der Waals surface area contributed by atoms with E-state index in [9.17, 15) is 9.59 Å². The molecule has 0 aromatic heterocycles. The highest BCUT2D eigenvalue weighted by atomic mass is 16.7. The zero-order valence-electron chi connectivity index (χ0n) is 22.1. The van der Waals surface area contributed by atoms with Crippen LogP contribution in [0, 0.1) is 0 Å². The predicted molar refractivity (Wildman–Crippen MR) is 142 cm³/mol. The molecule has 5 atom stereocenters. The van der Waals surface area contributed by atoms with Gasteiger partial charge in [0.1, 0.15) is 31.0 Å². The molecule has 0 radical (unpaired) electrons. The Morgan fingerprint density at radius 2 is 1.05 bits per heavy atom. The summed E-state index contributed by atoms with van der Waals surface area (Å²) in [7, 11) is 0. The molecule has 4 rings (SSSR count). The second kappa shape index (κ2) is 14.6. The van der Waals surface area contributed by atoms with Gasteiger partial charge in [-0.05, 0) is 16.7 Å². The van der Waals surface area contributed by atoms with Crippen molar-refractivity contribution in [3.05, 3.63) is 108 Å². The first-order valence-electron chi connectivity index (χ1n) is 12.9. The highest BCUT2D eigenvalue weighted by Gasteiger charge is 2.50. The van der Waals surface area contributed by atoms with Crippen LogP contribution in [0.4, 0.5) is 0 Å². The smallest absolute Gasteiger partial charge is 0.305 e. The number of carbonyl (C=O) groups is 2. The highest BCUT2D eigenvalue weighted by Crippen LogP contribution is 2.31. The summed E-state index contributed by atoms with van der Waals surface area (Å²) in [4.78, 5) is 23.8. The summed E-state index contributed by atoms with van der Waals surface area (Å²) in [6, 6.07) is 29.1. The first kappa shape index (κ1) is 28.4. The SMILES string of the molecule is CC(=O)OCC1O[C@H](OC(C)=O)C(OCc2ccccc2)[C@H](OCc2ccccc2)[C@@H]1OCc1ccccc1. The first-order valence-corrected chi connectivity index (χ1v) is 12.9. The molecule has 0 saturated carbocycles. The van der Waals surface area contributed by atoms with Gasteiger partial charge in [-0.15, -0.1) is 0 Å². The topological polar surface area (TPSA) is 89.5 Å². The van der Waals surface area contributed by atoms with Gasteiger partial charge in [0, 0.05) is 13.8 Å². The average Bonchev–Trinajstić information content (AvgIpc) is 2.95. The van der Waals surface area contributed by atoms with Crippen LogP contribution in [0.3, 0.4) is 0 Å². The lowest BCUT2D eigenvalue weighted by Gasteiger charge is -2.45. The molecule has 8 heteroatoms. The van der Waals surface area contributed by atoms with Crippen molar-refractivity contribution in [2.75, 3.05) is 6.61 Å². The van der Waals surface area contributed by atoms with Gasteiger partial charge >= 0.3 is 11.9 Å². The van der Waals surface area contributed by atoms with Crippen molar-refractivity contribution in [1.29, 1.82) is 0 Å². The maximum absolute atomic E-state index is 12.1. The largest absolute Gasteiger partial charge is 0.463 e. The Kier molecular flexibility index (Phi) is 10.6. The van der Waals surface area contributed by atoms with E-state index in [4.69, 9.17) is 28.4 Å². The third-order valence-electron chi connectivity index (χ3n) is 6.18. The molecule has 206 valence electrons. The molecule has 0 spiro atoms. The number of carbonyl (C=O) groups excluding carboxylic acids is 2. The summed E-state index contributed by atoms with van der Waals surface area (Å²) in [5, 5.41) is 0. The molecule has 2 unspecified atom stereocenters. The highest BCUT2D eigenvalue weighted by molar-refractivity contribution is 5.66. The monoisotopic (exact) mass is 534 g/mol. The molecule has 1 saturated heterocycles. The molecule has 39 heavy (non-hydrogen) atoms. The minimum Gasteiger partial charge on any atom is -0.463 e. The van der Waals surface area contributed by atoms with Crippen LogP contribution in [0.5, 0.6) is 0 Å². The van der Waals surface area contributed by atoms with E-state index in [0.29, 0.717) is 0 Å². The molecule has 0 N–H and O–H groups in total. The Labute approximate surface area is 228 Å². The van der Waals surface area contributed by atoms with Gasteiger partial charge < -0.3 is 28.4 Å². The molecule has 1 aliphatic rings. The molecule has 1 heterocycles. The van der Waals surface area contributed by atoms with E-state index in [2.05, 4.69) is 0 Å². The fraction of sp³-hybridized carbons (Fsp3) is 0.355. The number of hydrogen-bond acceptors (Lipinski definition) is 8. The first-order chi connectivity index (χ1) is 19.0. The Morgan fingerprint density at radius 3 is 1.49 bits per heavy atom. The number of esters is 2. The minimum atomic E-state index is -1.11. The molecular formula is C31H34O8. The predicted octanol–water partition coefficient (Wildman–Crippen LogP) is 4.59. The van der Waals surface area contributed by atoms with E-state index in [1.165, 1.54) is 13.8 Å². The van der Waals surface area contributed by atoms with E-state index in [0.717, 1.165) is 16.7 Å². The second-order valence-electron chi connectivity index (χ2n) is 9.24. The van der Waals surface area contributed by atoms with Crippen LogP contribution >= 0.6 is 0 Å². The zero-order valence-corrected chi connectivity index (χ0v) is 22.1. The van der Waals surface area contributed by atoms with E-state index in [-0.39, 0.29) is 26.4 Å². The summed E-state index contributed by atoms with van der Waals surface area (Å²) < 4.78 is 36.2. The molecule has 8 nitrogen and oxygen atoms in total. The molecule has 1 aliphatic heterocycles. The van der Waals surface area contributed by atoms with Crippen LogP contribution in [0.1, 0.15) is 30.5 Å². The van der Waals surface area contributed by atoms with E-state index in [1.807, 2.05) is 91.0 Å². The molecule has 3 aromatic rings. The lowest BCUT2D eigenvalue weighted by atomic mass is 9.97. The zero-order chi connectivity index (χ0) is 27.5. The van der Waals surface area contributed by atoms with Crippen LogP contribution in [-0.4, -0.2) is 49.3 Å². The standard InChI is InChI=1S/C31H34O8/c1-22(32)34-21-27-28(35-18-24-12-6-3-7-13-24)29(36-19-25-14-8-4-9-15-25)30(31(39-27)38-23(2)33)37-20-26-16-10-5-11-17-26/h3-17,27-31H,18-21H2,1-2H3/t27?,28-,29-,30?,31+/m1/s1. The van der Waals surface area contributed by atoms with Crippen molar-refractivity contribution in [3.63, 3.8) is 0 Å². The lowest BCUT2D eigenvalue weighted by molar-refractivity contribution is -0.318. The molecule has 0 bridgehead atoms. The summed E-state index contributed by atoms with van der Waals surface area (Å²) >= 11 is 0. The third-order valence-corrected chi connectivity index (χ3v) is 6.18. The molecule has 0 amide bonds. The Hall–Kier alpha value is -3.56. The van der Waals surface area contributed by atoms with Crippen LogP contribution < -0.4 is 0 Å². The number of ether oxygens (including phenoxy) is 6. The molecule has 3 aromatic carbocycles. The Bertz CT molecular complexity index is 1150. The van der Waals surface area contributed by atoms with Crippen molar-refractivity contribution < 1.29 is 38.0 Å². The van der Waals surface area contributed by atoms with Gasteiger partial charge in [-0.2, -0.15) is 0 Å². The number of benzene rings is 3. The summed E-state index contributed by atoms with van der Waals surface area (Å²) in [5.41, 5.74) is 2.84. The maximum Gasteiger partial charge on any atom is 0.305 e. The van der Waals surface area contributed by atoms with Crippen molar-refractivity contribution in [1.82, 2.24) is 0 Å². The van der Waals surface area contributed by atoms with Crippen molar-refractivity contribution in [2.45, 2.75) is 64.4 Å². The van der Waals surface area contributed by atoms with Gasteiger partial charge in [-0.25, -0.2) is 0 Å². The van der Waals surface area contributed by atoms with Crippen molar-refractivity contribution in [2.24, 2.45) is 0 Å². The van der Waals surface area contributed by atoms with E-state index in [1.54, 1.807) is 0 Å². The summed E-state index contributed by atoms with van der Waals surface area (Å²) in [5.74, 6) is -1.00. The van der Waals surface area contributed by atoms with Crippen molar-refractivity contribution in [3.8, 4) is 0 Å². The maximum atomic E-state index is 12.1. The van der Waals surface area contributed by atoms with Gasteiger partial charge in [0.25, 0.3) is 0 Å². The number of rotatable bonds is 12. The minimum absolute atomic E-state index is 0.108. The second-order valence-corrected chi connectivity index (χ2v) is 9.24. The quantitative estimate of drug-likeness (QED) is 0.312. The Balaban J connectivity index is 1.64. The van der Waals surface area contributed by atoms with E-state index >= 15 is 0 Å². The van der Waals surface area contributed by atoms with Crippen LogP contribution in [0.25, 0.3) is 0 Å². The normalized spacial score (nSPS) is 22.7.